The van der Waals surface area contributed by atoms with E-state index in [9.17, 15) is 0 Å². The molecule has 0 amide bonds. The van der Waals surface area contributed by atoms with E-state index in [0.717, 1.165) is 39.3 Å². The number of halogens is 1. The molecule has 1 aromatic heterocycles. The van der Waals surface area contributed by atoms with Crippen molar-refractivity contribution in [2.45, 2.75) is 26.9 Å². The van der Waals surface area contributed by atoms with Gasteiger partial charge in [-0.05, 0) is 43.2 Å². The molecule has 0 spiro atoms. The second-order valence-electron chi connectivity index (χ2n) is 4.26. The molecule has 0 aliphatic rings. The lowest BCUT2D eigenvalue weighted by atomic mass is 10.2. The van der Waals surface area contributed by atoms with Gasteiger partial charge < -0.3 is 9.84 Å². The fourth-order valence-corrected chi connectivity index (χ4v) is 2.27. The van der Waals surface area contributed by atoms with Crippen LogP contribution in [0.1, 0.15) is 23.9 Å². The van der Waals surface area contributed by atoms with Crippen LogP contribution in [0.25, 0.3) is 0 Å². The Balaban J connectivity index is 2.28. The van der Waals surface area contributed by atoms with Crippen LogP contribution in [-0.4, -0.2) is 10.1 Å². The lowest BCUT2D eigenvalue weighted by Gasteiger charge is -2.11. The predicted molar refractivity (Wildman–Crippen MR) is 78.5 cm³/mol. The average molecular weight is 322 g/mol. The Bertz CT molecular complexity index is 584. The third-order valence-corrected chi connectivity index (χ3v) is 3.57. The van der Waals surface area contributed by atoms with Gasteiger partial charge in [0, 0.05) is 10.2 Å². The van der Waals surface area contributed by atoms with Crippen molar-refractivity contribution < 1.29 is 9.84 Å². The zero-order valence-corrected chi connectivity index (χ0v) is 12.6. The van der Waals surface area contributed by atoms with E-state index in [4.69, 9.17) is 9.84 Å². The Kier molecular flexibility index (Phi) is 4.56. The van der Waals surface area contributed by atoms with Crippen LogP contribution < -0.4 is 4.74 Å². The monoisotopic (exact) mass is 321 g/mol. The highest BCUT2D eigenvalue weighted by atomic mass is 79.9. The molecule has 100 valence electrons. The van der Waals surface area contributed by atoms with E-state index < -0.39 is 0 Å². The minimum absolute atomic E-state index is 0.00710. The van der Waals surface area contributed by atoms with E-state index in [-0.39, 0.29) is 6.61 Å². The van der Waals surface area contributed by atoms with Crippen molar-refractivity contribution in [3.63, 3.8) is 0 Å². The van der Waals surface area contributed by atoms with E-state index >= 15 is 0 Å². The largest absolute Gasteiger partial charge is 0.455 e. The Morgan fingerprint density at radius 1 is 1.26 bits per heavy atom. The highest BCUT2D eigenvalue weighted by Gasteiger charge is 2.07. The number of aryl methyl sites for hydroxylation is 2. The zero-order valence-electron chi connectivity index (χ0n) is 11.0. The standard InChI is InChI=1S/C15H16BrNO2/c1-3-14-15(7-4-10(2)17-14)19-12-6-5-11(9-18)13(16)8-12/h4-8,18H,3,9H2,1-2H3. The van der Waals surface area contributed by atoms with Gasteiger partial charge in [0.25, 0.3) is 0 Å². The highest BCUT2D eigenvalue weighted by molar-refractivity contribution is 9.10. The lowest BCUT2D eigenvalue weighted by molar-refractivity contribution is 0.281. The van der Waals surface area contributed by atoms with Crippen molar-refractivity contribution in [2.24, 2.45) is 0 Å². The molecule has 0 aliphatic heterocycles. The summed E-state index contributed by atoms with van der Waals surface area (Å²) in [6, 6.07) is 9.41. The molecular weight excluding hydrogens is 306 g/mol. The first-order valence-electron chi connectivity index (χ1n) is 6.17. The lowest BCUT2D eigenvalue weighted by Crippen LogP contribution is -1.96. The molecular formula is C15H16BrNO2. The summed E-state index contributed by atoms with van der Waals surface area (Å²) < 4.78 is 6.70. The fraction of sp³-hybridized carbons (Fsp3) is 0.267. The van der Waals surface area contributed by atoms with Crippen LogP contribution in [0.5, 0.6) is 11.5 Å². The maximum atomic E-state index is 9.13. The van der Waals surface area contributed by atoms with Gasteiger partial charge in [-0.1, -0.05) is 28.9 Å². The summed E-state index contributed by atoms with van der Waals surface area (Å²) in [6.45, 7) is 4.03. The van der Waals surface area contributed by atoms with Gasteiger partial charge in [-0.25, -0.2) is 0 Å². The molecule has 3 nitrogen and oxygen atoms in total. The molecule has 0 fully saturated rings. The number of ether oxygens (including phenoxy) is 1. The smallest absolute Gasteiger partial charge is 0.148 e. The topological polar surface area (TPSA) is 42.4 Å². The van der Waals surface area contributed by atoms with Gasteiger partial charge in [-0.3, -0.25) is 4.98 Å². The van der Waals surface area contributed by atoms with E-state index in [1.54, 1.807) is 0 Å². The number of nitrogens with zero attached hydrogens (tertiary/aromatic N) is 1. The summed E-state index contributed by atoms with van der Waals surface area (Å²) >= 11 is 3.41. The molecule has 1 aromatic carbocycles. The fourth-order valence-electron chi connectivity index (χ4n) is 1.79. The van der Waals surface area contributed by atoms with Crippen LogP contribution in [0.15, 0.2) is 34.8 Å². The van der Waals surface area contributed by atoms with Gasteiger partial charge in [0.1, 0.15) is 11.5 Å². The molecule has 0 atom stereocenters. The number of aliphatic hydroxyl groups is 1. The van der Waals surface area contributed by atoms with Gasteiger partial charge in [0.15, 0.2) is 0 Å². The van der Waals surface area contributed by atoms with E-state index in [0.29, 0.717) is 0 Å². The van der Waals surface area contributed by atoms with Crippen molar-refractivity contribution in [1.29, 1.82) is 0 Å². The van der Waals surface area contributed by atoms with Crippen molar-refractivity contribution >= 4 is 15.9 Å². The molecule has 4 heteroatoms. The molecule has 1 heterocycles. The number of hydrogen-bond donors (Lipinski definition) is 1. The number of pyridine rings is 1. The average Bonchev–Trinajstić information content (AvgIpc) is 2.41. The number of aromatic nitrogens is 1. The number of rotatable bonds is 4. The summed E-state index contributed by atoms with van der Waals surface area (Å²) in [7, 11) is 0. The second-order valence-corrected chi connectivity index (χ2v) is 5.12. The summed E-state index contributed by atoms with van der Waals surface area (Å²) in [4.78, 5) is 4.47. The molecule has 2 aromatic rings. The Morgan fingerprint density at radius 2 is 2.05 bits per heavy atom. The van der Waals surface area contributed by atoms with E-state index in [1.165, 1.54) is 0 Å². The molecule has 1 N–H and O–H groups in total. The molecule has 0 unspecified atom stereocenters. The van der Waals surface area contributed by atoms with Gasteiger partial charge in [0.05, 0.1) is 12.3 Å². The van der Waals surface area contributed by atoms with Crippen molar-refractivity contribution in [1.82, 2.24) is 4.98 Å². The molecule has 0 bridgehead atoms. The Hall–Kier alpha value is -1.39. The second kappa shape index (κ2) is 6.17. The van der Waals surface area contributed by atoms with Gasteiger partial charge in [-0.2, -0.15) is 0 Å². The molecule has 0 saturated heterocycles. The van der Waals surface area contributed by atoms with Crippen LogP contribution in [-0.2, 0) is 13.0 Å². The number of hydrogen-bond acceptors (Lipinski definition) is 3. The van der Waals surface area contributed by atoms with Crippen LogP contribution in [0.4, 0.5) is 0 Å². The maximum absolute atomic E-state index is 9.13. The summed E-state index contributed by atoms with van der Waals surface area (Å²) in [5, 5.41) is 9.13. The van der Waals surface area contributed by atoms with Gasteiger partial charge in [0.2, 0.25) is 0 Å². The highest BCUT2D eigenvalue weighted by Crippen LogP contribution is 2.29. The van der Waals surface area contributed by atoms with Crippen molar-refractivity contribution in [3.05, 3.63) is 51.8 Å². The van der Waals surface area contributed by atoms with Crippen molar-refractivity contribution in [2.75, 3.05) is 0 Å². The molecule has 0 radical (unpaired) electrons. The molecule has 0 saturated carbocycles. The van der Waals surface area contributed by atoms with E-state index in [1.807, 2.05) is 37.3 Å². The Labute approximate surface area is 121 Å². The first-order valence-corrected chi connectivity index (χ1v) is 6.97. The maximum Gasteiger partial charge on any atom is 0.148 e. The quantitative estimate of drug-likeness (QED) is 0.925. The van der Waals surface area contributed by atoms with Gasteiger partial charge in [-0.15, -0.1) is 0 Å². The number of aliphatic hydroxyl groups excluding tert-OH is 1. The Morgan fingerprint density at radius 3 is 2.68 bits per heavy atom. The van der Waals surface area contributed by atoms with Gasteiger partial charge >= 0.3 is 0 Å². The summed E-state index contributed by atoms with van der Waals surface area (Å²) in [5.74, 6) is 1.50. The van der Waals surface area contributed by atoms with Crippen LogP contribution in [0.2, 0.25) is 0 Å². The summed E-state index contributed by atoms with van der Waals surface area (Å²) in [5.41, 5.74) is 2.77. The first kappa shape index (κ1) is 14.0. The van der Waals surface area contributed by atoms with Crippen molar-refractivity contribution in [3.8, 4) is 11.5 Å². The third-order valence-electron chi connectivity index (χ3n) is 2.83. The minimum Gasteiger partial charge on any atom is -0.455 e. The minimum atomic E-state index is 0.00710. The first-order chi connectivity index (χ1) is 9.13. The third kappa shape index (κ3) is 3.33. The molecule has 19 heavy (non-hydrogen) atoms. The predicted octanol–water partition coefficient (Wildman–Crippen LogP) is 4.00. The normalized spacial score (nSPS) is 10.5. The van der Waals surface area contributed by atoms with Crippen LogP contribution in [0, 0.1) is 6.92 Å². The molecule has 0 aliphatic carbocycles. The van der Waals surface area contributed by atoms with E-state index in [2.05, 4.69) is 27.8 Å². The summed E-state index contributed by atoms with van der Waals surface area (Å²) in [6.07, 6.45) is 0.826. The molecule has 2 rings (SSSR count). The number of benzene rings is 1. The van der Waals surface area contributed by atoms with Crippen LogP contribution in [0.3, 0.4) is 0 Å². The zero-order chi connectivity index (χ0) is 13.8. The SMILES string of the molecule is CCc1nc(C)ccc1Oc1ccc(CO)c(Br)c1. The van der Waals surface area contributed by atoms with Crippen LogP contribution >= 0.6 is 15.9 Å².